The molecule has 3 rings (SSSR count). The number of carbonyl (C=O) groups is 4. The van der Waals surface area contributed by atoms with Gasteiger partial charge in [0.1, 0.15) is 0 Å². The summed E-state index contributed by atoms with van der Waals surface area (Å²) < 4.78 is 0. The summed E-state index contributed by atoms with van der Waals surface area (Å²) in [5.74, 6) is -0.980. The SMILES string of the molecule is O=C(NCC(=O)N1CCN(C(=O)CNC(=O)c2ccccc2)CC1)c1ccccc1. The third-order valence-electron chi connectivity index (χ3n) is 4.86. The fourth-order valence-corrected chi connectivity index (χ4v) is 3.12. The van der Waals surface area contributed by atoms with Crippen LogP contribution in [0.15, 0.2) is 60.7 Å². The first-order chi connectivity index (χ1) is 14.5. The van der Waals surface area contributed by atoms with Crippen LogP contribution in [0.4, 0.5) is 0 Å². The fourth-order valence-electron chi connectivity index (χ4n) is 3.12. The highest BCUT2D eigenvalue weighted by atomic mass is 16.2. The second-order valence-corrected chi connectivity index (χ2v) is 6.86. The van der Waals surface area contributed by atoms with Gasteiger partial charge in [0, 0.05) is 37.3 Å². The van der Waals surface area contributed by atoms with Crippen molar-refractivity contribution >= 4 is 23.6 Å². The first-order valence-corrected chi connectivity index (χ1v) is 9.76. The smallest absolute Gasteiger partial charge is 0.251 e. The van der Waals surface area contributed by atoms with E-state index in [1.54, 1.807) is 58.3 Å². The van der Waals surface area contributed by atoms with Crippen LogP contribution < -0.4 is 10.6 Å². The zero-order valence-electron chi connectivity index (χ0n) is 16.5. The highest BCUT2D eigenvalue weighted by Gasteiger charge is 2.24. The molecule has 0 aliphatic carbocycles. The van der Waals surface area contributed by atoms with Gasteiger partial charge in [-0.25, -0.2) is 0 Å². The molecule has 0 saturated carbocycles. The van der Waals surface area contributed by atoms with Crippen LogP contribution in [0.25, 0.3) is 0 Å². The number of carbonyl (C=O) groups excluding carboxylic acids is 4. The van der Waals surface area contributed by atoms with E-state index < -0.39 is 0 Å². The van der Waals surface area contributed by atoms with Crippen LogP contribution in [-0.4, -0.2) is 72.7 Å². The molecule has 1 aliphatic rings. The molecule has 8 heteroatoms. The van der Waals surface area contributed by atoms with Crippen molar-refractivity contribution in [1.82, 2.24) is 20.4 Å². The Morgan fingerprint density at radius 1 is 0.600 bits per heavy atom. The van der Waals surface area contributed by atoms with Gasteiger partial charge < -0.3 is 20.4 Å². The lowest BCUT2D eigenvalue weighted by Gasteiger charge is -2.34. The molecule has 30 heavy (non-hydrogen) atoms. The van der Waals surface area contributed by atoms with Gasteiger partial charge in [-0.3, -0.25) is 19.2 Å². The summed E-state index contributed by atoms with van der Waals surface area (Å²) in [5.41, 5.74) is 0.997. The van der Waals surface area contributed by atoms with Gasteiger partial charge in [0.15, 0.2) is 0 Å². The molecule has 2 aromatic rings. The second kappa shape index (κ2) is 10.2. The lowest BCUT2D eigenvalue weighted by Crippen LogP contribution is -2.54. The number of nitrogens with zero attached hydrogens (tertiary/aromatic N) is 2. The highest BCUT2D eigenvalue weighted by Crippen LogP contribution is 2.04. The van der Waals surface area contributed by atoms with E-state index in [1.165, 1.54) is 0 Å². The summed E-state index contributed by atoms with van der Waals surface area (Å²) in [7, 11) is 0. The number of amides is 4. The molecule has 0 radical (unpaired) electrons. The van der Waals surface area contributed by atoms with Crippen LogP contribution in [0.5, 0.6) is 0 Å². The van der Waals surface area contributed by atoms with E-state index in [0.29, 0.717) is 37.3 Å². The number of benzene rings is 2. The predicted molar refractivity (Wildman–Crippen MR) is 111 cm³/mol. The number of rotatable bonds is 6. The molecule has 156 valence electrons. The quantitative estimate of drug-likeness (QED) is 0.728. The van der Waals surface area contributed by atoms with Gasteiger partial charge in [-0.2, -0.15) is 0 Å². The molecule has 1 fully saturated rings. The number of hydrogen-bond donors (Lipinski definition) is 2. The van der Waals surface area contributed by atoms with Crippen LogP contribution in [0, 0.1) is 0 Å². The van der Waals surface area contributed by atoms with Gasteiger partial charge in [0.05, 0.1) is 13.1 Å². The Bertz CT molecular complexity index is 818. The molecule has 1 aliphatic heterocycles. The second-order valence-electron chi connectivity index (χ2n) is 6.86. The zero-order chi connectivity index (χ0) is 21.3. The van der Waals surface area contributed by atoms with Crippen molar-refractivity contribution in [3.8, 4) is 0 Å². The molecule has 2 N–H and O–H groups in total. The minimum absolute atomic E-state index is 0.0885. The topological polar surface area (TPSA) is 98.8 Å². The summed E-state index contributed by atoms with van der Waals surface area (Å²) >= 11 is 0. The molecule has 0 bridgehead atoms. The molecule has 2 aromatic carbocycles. The lowest BCUT2D eigenvalue weighted by atomic mass is 10.2. The maximum atomic E-state index is 12.3. The van der Waals surface area contributed by atoms with E-state index >= 15 is 0 Å². The molecule has 0 unspecified atom stereocenters. The minimum atomic E-state index is -0.299. The lowest BCUT2D eigenvalue weighted by molar-refractivity contribution is -0.138. The Labute approximate surface area is 174 Å². The first-order valence-electron chi connectivity index (χ1n) is 9.76. The average Bonchev–Trinajstić information content (AvgIpc) is 2.81. The molecule has 0 spiro atoms. The van der Waals surface area contributed by atoms with Crippen molar-refractivity contribution in [1.29, 1.82) is 0 Å². The first kappa shape index (κ1) is 21.0. The van der Waals surface area contributed by atoms with Gasteiger partial charge in [0.25, 0.3) is 11.8 Å². The number of hydrogen-bond acceptors (Lipinski definition) is 4. The van der Waals surface area contributed by atoms with Gasteiger partial charge >= 0.3 is 0 Å². The van der Waals surface area contributed by atoms with Gasteiger partial charge in [-0.1, -0.05) is 36.4 Å². The maximum Gasteiger partial charge on any atom is 0.251 e. The van der Waals surface area contributed by atoms with Gasteiger partial charge in [-0.05, 0) is 24.3 Å². The van der Waals surface area contributed by atoms with Crippen LogP contribution in [0.2, 0.25) is 0 Å². The summed E-state index contributed by atoms with van der Waals surface area (Å²) in [6.07, 6.45) is 0. The van der Waals surface area contributed by atoms with Gasteiger partial charge in [-0.15, -0.1) is 0 Å². The molecule has 0 aromatic heterocycles. The van der Waals surface area contributed by atoms with E-state index in [9.17, 15) is 19.2 Å². The van der Waals surface area contributed by atoms with E-state index in [-0.39, 0.29) is 36.7 Å². The standard InChI is InChI=1S/C22H24N4O4/c27-19(15-23-21(29)17-7-3-1-4-8-17)25-11-13-26(14-12-25)20(28)16-24-22(30)18-9-5-2-6-10-18/h1-10H,11-16H2,(H,23,29)(H,24,30). The Balaban J connectivity index is 1.38. The van der Waals surface area contributed by atoms with E-state index in [0.717, 1.165) is 0 Å². The van der Waals surface area contributed by atoms with E-state index in [4.69, 9.17) is 0 Å². The molecule has 0 atom stereocenters. The molecular formula is C22H24N4O4. The molecule has 1 heterocycles. The minimum Gasteiger partial charge on any atom is -0.343 e. The Morgan fingerprint density at radius 2 is 0.933 bits per heavy atom. The maximum absolute atomic E-state index is 12.3. The monoisotopic (exact) mass is 408 g/mol. The Morgan fingerprint density at radius 3 is 1.27 bits per heavy atom. The molecule has 1 saturated heterocycles. The summed E-state index contributed by atoms with van der Waals surface area (Å²) in [6.45, 7) is 1.37. The largest absolute Gasteiger partial charge is 0.343 e. The van der Waals surface area contributed by atoms with Crippen molar-refractivity contribution in [2.45, 2.75) is 0 Å². The number of piperazine rings is 1. The Hall–Kier alpha value is -3.68. The summed E-state index contributed by atoms with van der Waals surface area (Å²) in [6, 6.07) is 17.4. The van der Waals surface area contributed by atoms with Crippen molar-refractivity contribution in [2.75, 3.05) is 39.3 Å². The number of nitrogens with one attached hydrogen (secondary N) is 2. The van der Waals surface area contributed by atoms with Crippen LogP contribution in [-0.2, 0) is 9.59 Å². The van der Waals surface area contributed by atoms with Crippen LogP contribution in [0.1, 0.15) is 20.7 Å². The van der Waals surface area contributed by atoms with Crippen molar-refractivity contribution < 1.29 is 19.2 Å². The van der Waals surface area contributed by atoms with Crippen molar-refractivity contribution in [3.63, 3.8) is 0 Å². The molecule has 8 nitrogen and oxygen atoms in total. The van der Waals surface area contributed by atoms with Crippen molar-refractivity contribution in [2.24, 2.45) is 0 Å². The third-order valence-corrected chi connectivity index (χ3v) is 4.86. The van der Waals surface area contributed by atoms with Crippen LogP contribution in [0.3, 0.4) is 0 Å². The van der Waals surface area contributed by atoms with Crippen molar-refractivity contribution in [3.05, 3.63) is 71.8 Å². The highest BCUT2D eigenvalue weighted by molar-refractivity contribution is 5.97. The average molecular weight is 408 g/mol. The van der Waals surface area contributed by atoms with E-state index in [2.05, 4.69) is 10.6 Å². The molecular weight excluding hydrogens is 384 g/mol. The van der Waals surface area contributed by atoms with Crippen LogP contribution >= 0.6 is 0 Å². The fraction of sp³-hybridized carbons (Fsp3) is 0.273. The summed E-state index contributed by atoms with van der Waals surface area (Å²) in [4.78, 5) is 52.0. The third kappa shape index (κ3) is 5.66. The van der Waals surface area contributed by atoms with Gasteiger partial charge in [0.2, 0.25) is 11.8 Å². The zero-order valence-corrected chi connectivity index (χ0v) is 16.5. The molecule has 4 amide bonds. The van der Waals surface area contributed by atoms with E-state index in [1.807, 2.05) is 12.1 Å². The summed E-state index contributed by atoms with van der Waals surface area (Å²) in [5, 5.41) is 5.24. The normalized spacial score (nSPS) is 13.5. The predicted octanol–water partition coefficient (Wildman–Crippen LogP) is 0.517. The Kier molecular flexibility index (Phi) is 7.15.